The Morgan fingerprint density at radius 3 is 2.24 bits per heavy atom. The van der Waals surface area contributed by atoms with Crippen LogP contribution in [-0.2, 0) is 9.59 Å². The van der Waals surface area contributed by atoms with Gasteiger partial charge in [-0.05, 0) is 37.5 Å². The van der Waals surface area contributed by atoms with Crippen molar-refractivity contribution in [2.24, 2.45) is 11.8 Å². The first-order valence-electron chi connectivity index (χ1n) is 8.52. The molecule has 2 aliphatic rings. The molecule has 1 aliphatic carbocycles. The third-order valence-electron chi connectivity index (χ3n) is 5.08. The summed E-state index contributed by atoms with van der Waals surface area (Å²) in [5, 5.41) is 9.05. The molecule has 7 heteroatoms. The summed E-state index contributed by atoms with van der Waals surface area (Å²) >= 11 is 0. The molecule has 2 fully saturated rings. The zero-order chi connectivity index (χ0) is 18.0. The number of hydrogen-bond donors (Lipinski definition) is 1. The highest BCUT2D eigenvalue weighted by Gasteiger charge is 2.37. The first kappa shape index (κ1) is 17.4. The van der Waals surface area contributed by atoms with Gasteiger partial charge in [-0.1, -0.05) is 6.07 Å². The number of benzene rings is 1. The van der Waals surface area contributed by atoms with Crippen molar-refractivity contribution >= 4 is 17.8 Å². The number of aliphatic carboxylic acids is 1. The molecule has 1 aliphatic heterocycles. The highest BCUT2D eigenvalue weighted by atomic mass is 19.1. The second-order valence-electron chi connectivity index (χ2n) is 6.67. The Morgan fingerprint density at radius 2 is 1.64 bits per heavy atom. The minimum atomic E-state index is -0.833. The average Bonchev–Trinajstić information content (AvgIpc) is 3.11. The second-order valence-corrected chi connectivity index (χ2v) is 6.67. The number of piperazine rings is 1. The van der Waals surface area contributed by atoms with E-state index in [4.69, 9.17) is 5.11 Å². The fourth-order valence-corrected chi connectivity index (χ4v) is 3.62. The van der Waals surface area contributed by atoms with E-state index in [-0.39, 0.29) is 17.7 Å². The van der Waals surface area contributed by atoms with Crippen LogP contribution in [-0.4, -0.2) is 58.9 Å². The molecule has 0 radical (unpaired) electrons. The van der Waals surface area contributed by atoms with Gasteiger partial charge >= 0.3 is 5.97 Å². The summed E-state index contributed by atoms with van der Waals surface area (Å²) in [6.45, 7) is 1.65. The molecule has 1 aromatic carbocycles. The quantitative estimate of drug-likeness (QED) is 0.900. The Balaban J connectivity index is 1.54. The molecule has 0 spiro atoms. The molecule has 1 saturated heterocycles. The van der Waals surface area contributed by atoms with E-state index in [1.54, 1.807) is 15.9 Å². The van der Waals surface area contributed by atoms with Crippen molar-refractivity contribution < 1.29 is 23.9 Å². The number of carbonyl (C=O) groups is 3. The predicted molar refractivity (Wildman–Crippen MR) is 87.4 cm³/mol. The number of carboxylic acids is 1. The van der Waals surface area contributed by atoms with E-state index < -0.39 is 17.7 Å². The normalized spacial score (nSPS) is 23.6. The lowest BCUT2D eigenvalue weighted by atomic mass is 10.0. The fourth-order valence-electron chi connectivity index (χ4n) is 3.62. The van der Waals surface area contributed by atoms with Gasteiger partial charge in [-0.3, -0.25) is 14.4 Å². The van der Waals surface area contributed by atoms with Gasteiger partial charge in [0.05, 0.1) is 5.92 Å². The minimum absolute atomic E-state index is 0.0124. The van der Waals surface area contributed by atoms with Crippen molar-refractivity contribution in [1.29, 1.82) is 0 Å². The van der Waals surface area contributed by atoms with Crippen molar-refractivity contribution in [3.8, 4) is 0 Å². The molecule has 6 nitrogen and oxygen atoms in total. The SMILES string of the molecule is O=C(O)[C@@H]1CC[C@H](C(=O)N2CCN(C(=O)c3cccc(F)c3)CC2)C1. The maximum Gasteiger partial charge on any atom is 0.306 e. The summed E-state index contributed by atoms with van der Waals surface area (Å²) in [7, 11) is 0. The Hall–Kier alpha value is -2.44. The van der Waals surface area contributed by atoms with Crippen LogP contribution in [0.25, 0.3) is 0 Å². The monoisotopic (exact) mass is 348 g/mol. The smallest absolute Gasteiger partial charge is 0.306 e. The first-order chi connectivity index (χ1) is 12.0. The molecule has 134 valence electrons. The van der Waals surface area contributed by atoms with Gasteiger partial charge in [0.1, 0.15) is 5.82 Å². The molecule has 0 unspecified atom stereocenters. The maximum absolute atomic E-state index is 13.3. The zero-order valence-electron chi connectivity index (χ0n) is 13.9. The Morgan fingerprint density at radius 1 is 1.00 bits per heavy atom. The number of nitrogens with zero attached hydrogens (tertiary/aromatic N) is 2. The molecular weight excluding hydrogens is 327 g/mol. The molecule has 2 atom stereocenters. The van der Waals surface area contributed by atoms with Crippen LogP contribution in [0.1, 0.15) is 29.6 Å². The van der Waals surface area contributed by atoms with E-state index in [0.29, 0.717) is 51.0 Å². The van der Waals surface area contributed by atoms with Crippen LogP contribution >= 0.6 is 0 Å². The largest absolute Gasteiger partial charge is 0.481 e. The average molecular weight is 348 g/mol. The van der Waals surface area contributed by atoms with Gasteiger partial charge in [-0.2, -0.15) is 0 Å². The molecule has 1 heterocycles. The molecule has 0 bridgehead atoms. The Kier molecular flexibility index (Phi) is 5.01. The summed E-state index contributed by atoms with van der Waals surface area (Å²) in [5.41, 5.74) is 0.305. The van der Waals surface area contributed by atoms with Gasteiger partial charge in [0.25, 0.3) is 5.91 Å². The molecule has 1 saturated carbocycles. The lowest BCUT2D eigenvalue weighted by Crippen LogP contribution is -2.51. The molecule has 1 aromatic rings. The van der Waals surface area contributed by atoms with E-state index in [1.807, 2.05) is 0 Å². The fraction of sp³-hybridized carbons (Fsp3) is 0.500. The van der Waals surface area contributed by atoms with E-state index in [9.17, 15) is 18.8 Å². The highest BCUT2D eigenvalue weighted by molar-refractivity contribution is 5.94. The van der Waals surface area contributed by atoms with E-state index >= 15 is 0 Å². The van der Waals surface area contributed by atoms with Gasteiger partial charge < -0.3 is 14.9 Å². The summed E-state index contributed by atoms with van der Waals surface area (Å²) in [5.74, 6) is -2.19. The van der Waals surface area contributed by atoms with Gasteiger partial charge in [-0.15, -0.1) is 0 Å². The van der Waals surface area contributed by atoms with Crippen molar-refractivity contribution in [3.05, 3.63) is 35.6 Å². The number of carbonyl (C=O) groups excluding carboxylic acids is 2. The van der Waals surface area contributed by atoms with E-state index in [2.05, 4.69) is 0 Å². The van der Waals surface area contributed by atoms with Crippen LogP contribution in [0.5, 0.6) is 0 Å². The van der Waals surface area contributed by atoms with Crippen molar-refractivity contribution in [2.75, 3.05) is 26.2 Å². The minimum Gasteiger partial charge on any atom is -0.481 e. The lowest BCUT2D eigenvalue weighted by molar-refractivity contribution is -0.142. The Bertz CT molecular complexity index is 685. The van der Waals surface area contributed by atoms with Gasteiger partial charge in [0, 0.05) is 37.7 Å². The number of carboxylic acid groups (broad SMARTS) is 1. The highest BCUT2D eigenvalue weighted by Crippen LogP contribution is 2.32. The molecule has 25 heavy (non-hydrogen) atoms. The van der Waals surface area contributed by atoms with Gasteiger partial charge in [0.2, 0.25) is 5.91 Å². The van der Waals surface area contributed by atoms with Crippen LogP contribution in [0.4, 0.5) is 4.39 Å². The number of hydrogen-bond acceptors (Lipinski definition) is 3. The van der Waals surface area contributed by atoms with Crippen LogP contribution in [0.3, 0.4) is 0 Å². The van der Waals surface area contributed by atoms with Gasteiger partial charge in [0.15, 0.2) is 0 Å². The molecule has 3 rings (SSSR count). The Labute approximate surface area is 145 Å². The molecule has 2 amide bonds. The van der Waals surface area contributed by atoms with Crippen molar-refractivity contribution in [3.63, 3.8) is 0 Å². The lowest BCUT2D eigenvalue weighted by Gasteiger charge is -2.36. The van der Waals surface area contributed by atoms with E-state index in [0.717, 1.165) is 0 Å². The van der Waals surface area contributed by atoms with Crippen LogP contribution in [0.2, 0.25) is 0 Å². The third-order valence-corrected chi connectivity index (χ3v) is 5.08. The predicted octanol–water partition coefficient (Wildman–Crippen LogP) is 1.61. The second kappa shape index (κ2) is 7.21. The number of halogens is 1. The molecular formula is C18H21FN2O4. The zero-order valence-corrected chi connectivity index (χ0v) is 13.9. The number of rotatable bonds is 3. The van der Waals surface area contributed by atoms with E-state index in [1.165, 1.54) is 18.2 Å². The summed E-state index contributed by atoms with van der Waals surface area (Å²) in [4.78, 5) is 39.3. The van der Waals surface area contributed by atoms with Crippen molar-refractivity contribution in [2.45, 2.75) is 19.3 Å². The van der Waals surface area contributed by atoms with Crippen LogP contribution in [0.15, 0.2) is 24.3 Å². The number of amides is 2. The summed E-state index contributed by atoms with van der Waals surface area (Å²) < 4.78 is 13.3. The summed E-state index contributed by atoms with van der Waals surface area (Å²) in [6, 6.07) is 5.58. The van der Waals surface area contributed by atoms with Crippen molar-refractivity contribution in [1.82, 2.24) is 9.80 Å². The third kappa shape index (κ3) is 3.81. The van der Waals surface area contributed by atoms with Crippen LogP contribution in [0, 0.1) is 17.7 Å². The molecule has 1 N–H and O–H groups in total. The molecule has 0 aromatic heterocycles. The van der Waals surface area contributed by atoms with Crippen LogP contribution < -0.4 is 0 Å². The first-order valence-corrected chi connectivity index (χ1v) is 8.52. The summed E-state index contributed by atoms with van der Waals surface area (Å²) in [6.07, 6.45) is 1.55. The maximum atomic E-state index is 13.3. The van der Waals surface area contributed by atoms with Gasteiger partial charge in [-0.25, -0.2) is 4.39 Å². The topological polar surface area (TPSA) is 77.9 Å². The standard InChI is InChI=1S/C18H21FN2O4/c19-15-3-1-2-12(11-15)16(22)20-6-8-21(9-7-20)17(23)13-4-5-14(10-13)18(24)25/h1-3,11,13-14H,4-10H2,(H,24,25)/t13-,14+/m0/s1.